The van der Waals surface area contributed by atoms with Crippen molar-refractivity contribution in [2.45, 2.75) is 26.2 Å². The van der Waals surface area contributed by atoms with E-state index in [1.54, 1.807) is 18.2 Å². The van der Waals surface area contributed by atoms with Crippen LogP contribution in [0.3, 0.4) is 0 Å². The van der Waals surface area contributed by atoms with Crippen LogP contribution in [0.25, 0.3) is 10.9 Å². The molecule has 2 aromatic carbocycles. The van der Waals surface area contributed by atoms with Crippen molar-refractivity contribution in [1.82, 2.24) is 14.9 Å². The monoisotopic (exact) mass is 541 g/mol. The average Bonchev–Trinajstić information content (AvgIpc) is 3.39. The van der Waals surface area contributed by atoms with E-state index in [1.165, 1.54) is 57.9 Å². The number of rotatable bonds is 7. The number of fused-ring (bicyclic) bond motifs is 1. The summed E-state index contributed by atoms with van der Waals surface area (Å²) in [4.78, 5) is 21.7. The molecule has 3 aromatic rings. The minimum Gasteiger partial charge on any atom is -0.494 e. The van der Waals surface area contributed by atoms with E-state index >= 15 is 0 Å². The molecule has 1 amide bonds. The number of allylic oxidation sites excluding steroid dienone is 1. The van der Waals surface area contributed by atoms with Crippen LogP contribution in [0.1, 0.15) is 26.2 Å². The van der Waals surface area contributed by atoms with E-state index < -0.39 is 5.82 Å². The standard InChI is InChI=1S/C16H12ClFN4O2.C12H21NO/c1-24-15-6-13-10(5-14(15)21-8-23)16(20-7-19-13)22-9-2-3-12(18)11(17)4-9;1-2-3-7-13-8-4-12(5-9-13)6-10-14-11-12/h2-8H,1H3,(H,21,23)(H,19,20,22);2-3H,4-11H2,1H3/b;3-2+. The fourth-order valence-electron chi connectivity index (χ4n) is 4.75. The van der Waals surface area contributed by atoms with Gasteiger partial charge in [0.15, 0.2) is 0 Å². The Morgan fingerprint density at radius 1 is 1.21 bits per heavy atom. The number of nitrogens with zero attached hydrogens (tertiary/aromatic N) is 3. The van der Waals surface area contributed by atoms with Gasteiger partial charge < -0.3 is 20.1 Å². The Balaban J connectivity index is 0.000000204. The van der Waals surface area contributed by atoms with Gasteiger partial charge in [-0.3, -0.25) is 9.69 Å². The Morgan fingerprint density at radius 3 is 2.68 bits per heavy atom. The van der Waals surface area contributed by atoms with Crippen molar-refractivity contribution in [2.24, 2.45) is 5.41 Å². The SMILES string of the molecule is C/C=C/CN1CCC2(CCOC2)CC1.COc1cc2ncnc(Nc3ccc(F)c(Cl)c3)c2cc1NC=O. The first-order valence-corrected chi connectivity index (χ1v) is 13.0. The highest BCUT2D eigenvalue weighted by Crippen LogP contribution is 2.39. The molecule has 2 saturated heterocycles. The third-order valence-electron chi connectivity index (χ3n) is 7.05. The zero-order valence-corrected chi connectivity index (χ0v) is 22.4. The summed E-state index contributed by atoms with van der Waals surface area (Å²) in [6.45, 7) is 7.75. The molecule has 1 spiro atoms. The highest BCUT2D eigenvalue weighted by molar-refractivity contribution is 6.31. The van der Waals surface area contributed by atoms with Crippen LogP contribution < -0.4 is 15.4 Å². The maximum atomic E-state index is 13.3. The van der Waals surface area contributed by atoms with Crippen molar-refractivity contribution in [3.05, 3.63) is 59.7 Å². The molecule has 0 saturated carbocycles. The third kappa shape index (κ3) is 6.78. The summed E-state index contributed by atoms with van der Waals surface area (Å²) >= 11 is 5.79. The number of nitrogens with one attached hydrogen (secondary N) is 2. The van der Waals surface area contributed by atoms with Crippen molar-refractivity contribution in [3.63, 3.8) is 0 Å². The Labute approximate surface area is 227 Å². The zero-order chi connectivity index (χ0) is 27.0. The number of hydrogen-bond donors (Lipinski definition) is 2. The van der Waals surface area contributed by atoms with Gasteiger partial charge in [0.25, 0.3) is 0 Å². The summed E-state index contributed by atoms with van der Waals surface area (Å²) in [5, 5.41) is 6.29. The van der Waals surface area contributed by atoms with E-state index in [0.717, 1.165) is 19.8 Å². The minimum atomic E-state index is -0.503. The van der Waals surface area contributed by atoms with E-state index in [2.05, 4.69) is 44.6 Å². The van der Waals surface area contributed by atoms with E-state index in [9.17, 15) is 9.18 Å². The lowest BCUT2D eigenvalue weighted by Crippen LogP contribution is -2.40. The predicted octanol–water partition coefficient (Wildman–Crippen LogP) is 5.81. The van der Waals surface area contributed by atoms with Crippen LogP contribution in [-0.4, -0.2) is 61.2 Å². The molecule has 1 aromatic heterocycles. The number of methoxy groups -OCH3 is 1. The van der Waals surface area contributed by atoms with Crippen LogP contribution >= 0.6 is 11.6 Å². The summed E-state index contributed by atoms with van der Waals surface area (Å²) in [5.41, 5.74) is 2.23. The molecule has 2 aliphatic rings. The molecule has 0 aliphatic carbocycles. The first-order valence-electron chi connectivity index (χ1n) is 12.6. The molecule has 2 fully saturated rings. The maximum Gasteiger partial charge on any atom is 0.211 e. The maximum absolute atomic E-state index is 13.3. The summed E-state index contributed by atoms with van der Waals surface area (Å²) < 4.78 is 24.0. The van der Waals surface area contributed by atoms with E-state index in [4.69, 9.17) is 21.1 Å². The molecule has 38 heavy (non-hydrogen) atoms. The van der Waals surface area contributed by atoms with Crippen molar-refractivity contribution in [1.29, 1.82) is 0 Å². The number of aromatic nitrogens is 2. The molecule has 5 rings (SSSR count). The number of ether oxygens (including phenoxy) is 2. The normalized spacial score (nSPS) is 16.8. The summed E-state index contributed by atoms with van der Waals surface area (Å²) in [6, 6.07) is 7.64. The lowest BCUT2D eigenvalue weighted by atomic mass is 9.78. The van der Waals surface area contributed by atoms with Crippen LogP contribution in [-0.2, 0) is 9.53 Å². The predicted molar refractivity (Wildman–Crippen MR) is 149 cm³/mol. The first-order chi connectivity index (χ1) is 18.5. The Kier molecular flexibility index (Phi) is 9.49. The van der Waals surface area contributed by atoms with Crippen molar-refractivity contribution >= 4 is 46.1 Å². The number of likely N-dealkylation sites (tertiary alicyclic amines) is 1. The lowest BCUT2D eigenvalue weighted by molar-refractivity contribution is -0.105. The van der Waals surface area contributed by atoms with Gasteiger partial charge in [0, 0.05) is 30.3 Å². The molecule has 2 aliphatic heterocycles. The second-order valence-electron chi connectivity index (χ2n) is 9.48. The smallest absolute Gasteiger partial charge is 0.211 e. The van der Waals surface area contributed by atoms with Gasteiger partial charge in [-0.05, 0) is 69.0 Å². The van der Waals surface area contributed by atoms with Gasteiger partial charge in [0.05, 0.1) is 29.9 Å². The molecule has 0 bridgehead atoms. The molecular formula is C28H33ClFN5O3. The number of anilines is 3. The van der Waals surface area contributed by atoms with E-state index in [1.807, 2.05) is 0 Å². The quantitative estimate of drug-likeness (QED) is 0.288. The van der Waals surface area contributed by atoms with Gasteiger partial charge in [-0.2, -0.15) is 0 Å². The molecular weight excluding hydrogens is 509 g/mol. The lowest BCUT2D eigenvalue weighted by Gasteiger charge is -2.37. The fraction of sp³-hybridized carbons (Fsp3) is 0.393. The number of carbonyl (C=O) groups is 1. The van der Waals surface area contributed by atoms with Crippen LogP contribution in [0.4, 0.5) is 21.6 Å². The van der Waals surface area contributed by atoms with Gasteiger partial charge >= 0.3 is 0 Å². The summed E-state index contributed by atoms with van der Waals surface area (Å²) in [5.74, 6) is 0.459. The summed E-state index contributed by atoms with van der Waals surface area (Å²) in [6.07, 6.45) is 10.3. The molecule has 0 atom stereocenters. The first kappa shape index (κ1) is 27.8. The summed E-state index contributed by atoms with van der Waals surface area (Å²) in [7, 11) is 1.50. The van der Waals surface area contributed by atoms with E-state index in [0.29, 0.717) is 45.7 Å². The Morgan fingerprint density at radius 2 is 2.03 bits per heavy atom. The van der Waals surface area contributed by atoms with Crippen LogP contribution in [0, 0.1) is 11.2 Å². The van der Waals surface area contributed by atoms with Gasteiger partial charge in [-0.15, -0.1) is 0 Å². The third-order valence-corrected chi connectivity index (χ3v) is 7.34. The Hall–Kier alpha value is -3.27. The minimum absolute atomic E-state index is 0.00309. The van der Waals surface area contributed by atoms with Crippen LogP contribution in [0.15, 0.2) is 48.8 Å². The number of amides is 1. The van der Waals surface area contributed by atoms with Gasteiger partial charge in [0.2, 0.25) is 6.41 Å². The zero-order valence-electron chi connectivity index (χ0n) is 21.7. The number of hydrogen-bond acceptors (Lipinski definition) is 7. The van der Waals surface area contributed by atoms with Crippen LogP contribution in [0.2, 0.25) is 5.02 Å². The molecule has 0 radical (unpaired) electrons. The van der Waals surface area contributed by atoms with E-state index in [-0.39, 0.29) is 5.02 Å². The number of halogens is 2. The van der Waals surface area contributed by atoms with Crippen molar-refractivity contribution in [2.75, 3.05) is 50.6 Å². The molecule has 3 heterocycles. The van der Waals surface area contributed by atoms with Crippen molar-refractivity contribution in [3.8, 4) is 5.75 Å². The number of piperidine rings is 1. The molecule has 202 valence electrons. The van der Waals surface area contributed by atoms with Gasteiger partial charge in [-0.1, -0.05) is 23.8 Å². The highest BCUT2D eigenvalue weighted by atomic mass is 35.5. The van der Waals surface area contributed by atoms with Gasteiger partial charge in [0.1, 0.15) is 23.7 Å². The average molecular weight is 542 g/mol. The number of benzene rings is 2. The molecule has 0 unspecified atom stereocenters. The van der Waals surface area contributed by atoms with Crippen molar-refractivity contribution < 1.29 is 18.7 Å². The fourth-order valence-corrected chi connectivity index (χ4v) is 4.93. The molecule has 2 N–H and O–H groups in total. The molecule has 8 nitrogen and oxygen atoms in total. The number of carbonyl (C=O) groups excluding carboxylic acids is 1. The largest absolute Gasteiger partial charge is 0.494 e. The van der Waals surface area contributed by atoms with Crippen LogP contribution in [0.5, 0.6) is 5.75 Å². The van der Waals surface area contributed by atoms with Gasteiger partial charge in [-0.25, -0.2) is 14.4 Å². The second-order valence-corrected chi connectivity index (χ2v) is 9.89. The second kappa shape index (κ2) is 13.0. The molecule has 10 heteroatoms. The topological polar surface area (TPSA) is 88.6 Å². The Bertz CT molecular complexity index is 1270. The highest BCUT2D eigenvalue weighted by Gasteiger charge is 2.37.